The van der Waals surface area contributed by atoms with Crippen molar-refractivity contribution in [2.75, 3.05) is 14.2 Å². The van der Waals surface area contributed by atoms with Gasteiger partial charge in [-0.2, -0.15) is 0 Å². The fourth-order valence-electron chi connectivity index (χ4n) is 0.811. The molecule has 3 N–H and O–H groups in total. The molecule has 2 atom stereocenters. The van der Waals surface area contributed by atoms with E-state index in [2.05, 4.69) is 10.3 Å². The molecule has 0 aromatic carbocycles. The lowest BCUT2D eigenvalue weighted by Crippen LogP contribution is -2.39. The lowest BCUT2D eigenvalue weighted by atomic mass is 10.5. The van der Waals surface area contributed by atoms with Crippen LogP contribution in [0.2, 0.25) is 0 Å². The molecule has 1 aliphatic rings. The second-order valence-electron chi connectivity index (χ2n) is 1.94. The van der Waals surface area contributed by atoms with E-state index in [1.54, 1.807) is 14.2 Å². The van der Waals surface area contributed by atoms with Gasteiger partial charge in [0, 0.05) is 14.2 Å². The van der Waals surface area contributed by atoms with Crippen molar-refractivity contribution in [1.29, 1.82) is 0 Å². The van der Waals surface area contributed by atoms with Crippen molar-refractivity contribution in [3.8, 4) is 0 Å². The fourth-order valence-corrected chi connectivity index (χ4v) is 0.811. The molecule has 10 heavy (non-hydrogen) atoms. The minimum Gasteiger partial charge on any atom is -0.370 e. The maximum Gasteiger partial charge on any atom is 0.196 e. The van der Waals surface area contributed by atoms with E-state index in [-0.39, 0.29) is 12.5 Å². The molecular weight excluding hydrogens is 134 g/mol. The highest BCUT2D eigenvalue weighted by Crippen LogP contribution is 2.05. The van der Waals surface area contributed by atoms with E-state index in [0.29, 0.717) is 5.96 Å². The molecule has 0 aromatic heterocycles. The minimum atomic E-state index is -0.315. The van der Waals surface area contributed by atoms with E-state index in [0.717, 1.165) is 0 Å². The number of rotatable bonds is 2. The van der Waals surface area contributed by atoms with Crippen LogP contribution >= 0.6 is 0 Å². The molecule has 5 heteroatoms. The van der Waals surface area contributed by atoms with E-state index in [4.69, 9.17) is 15.2 Å². The Morgan fingerprint density at radius 2 is 2.20 bits per heavy atom. The number of guanidine groups is 1. The summed E-state index contributed by atoms with van der Waals surface area (Å²) < 4.78 is 9.88. The molecule has 0 radical (unpaired) electrons. The SMILES string of the molecule is CO[C@@H]1N=C(N)N[C@H]1OC. The summed E-state index contributed by atoms with van der Waals surface area (Å²) in [6.45, 7) is 0. The number of hydrogen-bond donors (Lipinski definition) is 2. The van der Waals surface area contributed by atoms with Crippen molar-refractivity contribution >= 4 is 5.96 Å². The van der Waals surface area contributed by atoms with Crippen LogP contribution in [0.5, 0.6) is 0 Å². The quantitative estimate of drug-likeness (QED) is 0.514. The van der Waals surface area contributed by atoms with Gasteiger partial charge < -0.3 is 20.5 Å². The van der Waals surface area contributed by atoms with Crippen LogP contribution in [0.25, 0.3) is 0 Å². The van der Waals surface area contributed by atoms with Crippen LogP contribution in [0.3, 0.4) is 0 Å². The van der Waals surface area contributed by atoms with Crippen LogP contribution in [0.4, 0.5) is 0 Å². The van der Waals surface area contributed by atoms with Crippen LogP contribution in [0.15, 0.2) is 4.99 Å². The molecule has 0 aliphatic carbocycles. The Labute approximate surface area is 59.2 Å². The Morgan fingerprint density at radius 1 is 1.50 bits per heavy atom. The first kappa shape index (κ1) is 7.30. The third kappa shape index (κ3) is 1.19. The largest absolute Gasteiger partial charge is 0.370 e. The topological polar surface area (TPSA) is 68.9 Å². The first-order valence-corrected chi connectivity index (χ1v) is 2.93. The van der Waals surface area contributed by atoms with Crippen LogP contribution in [-0.4, -0.2) is 32.6 Å². The lowest BCUT2D eigenvalue weighted by Gasteiger charge is -2.13. The highest BCUT2D eigenvalue weighted by atomic mass is 16.5. The van der Waals surface area contributed by atoms with Gasteiger partial charge in [0.2, 0.25) is 0 Å². The van der Waals surface area contributed by atoms with Crippen molar-refractivity contribution in [3.63, 3.8) is 0 Å². The number of nitrogens with one attached hydrogen (secondary N) is 1. The summed E-state index contributed by atoms with van der Waals surface area (Å²) in [6.07, 6.45) is -0.560. The summed E-state index contributed by atoms with van der Waals surface area (Å²) in [6, 6.07) is 0. The Hall–Kier alpha value is -0.810. The van der Waals surface area contributed by atoms with Gasteiger partial charge in [0.1, 0.15) is 0 Å². The molecule has 0 bridgehead atoms. The number of ether oxygens (including phenoxy) is 2. The zero-order valence-electron chi connectivity index (χ0n) is 6.00. The summed E-state index contributed by atoms with van der Waals surface area (Å²) in [7, 11) is 3.12. The molecule has 0 saturated heterocycles. The first-order chi connectivity index (χ1) is 4.77. The number of nitrogens with zero attached hydrogens (tertiary/aromatic N) is 1. The first-order valence-electron chi connectivity index (χ1n) is 2.93. The Balaban J connectivity index is 2.52. The van der Waals surface area contributed by atoms with Crippen molar-refractivity contribution in [2.24, 2.45) is 10.7 Å². The van der Waals surface area contributed by atoms with Crippen LogP contribution in [0.1, 0.15) is 0 Å². The highest BCUT2D eigenvalue weighted by Gasteiger charge is 2.26. The lowest BCUT2D eigenvalue weighted by molar-refractivity contribution is -0.0282. The third-order valence-corrected chi connectivity index (χ3v) is 1.31. The molecule has 5 nitrogen and oxygen atoms in total. The van der Waals surface area contributed by atoms with Gasteiger partial charge in [-0.15, -0.1) is 0 Å². The highest BCUT2D eigenvalue weighted by molar-refractivity contribution is 5.79. The van der Waals surface area contributed by atoms with E-state index in [1.807, 2.05) is 0 Å². The Bertz CT molecular complexity index is 148. The van der Waals surface area contributed by atoms with Crippen LogP contribution in [0, 0.1) is 0 Å². The molecule has 0 saturated carbocycles. The van der Waals surface area contributed by atoms with E-state index >= 15 is 0 Å². The monoisotopic (exact) mass is 145 g/mol. The number of aliphatic imine (C=N–C) groups is 1. The van der Waals surface area contributed by atoms with Gasteiger partial charge in [0.15, 0.2) is 18.4 Å². The molecule has 1 aliphatic heterocycles. The predicted octanol–water partition coefficient (Wildman–Crippen LogP) is -1.15. The summed E-state index contributed by atoms with van der Waals surface area (Å²) >= 11 is 0. The van der Waals surface area contributed by atoms with Crippen molar-refractivity contribution in [2.45, 2.75) is 12.5 Å². The average Bonchev–Trinajstić information content (AvgIpc) is 2.30. The summed E-state index contributed by atoms with van der Waals surface area (Å²) in [5.74, 6) is 0.360. The zero-order valence-corrected chi connectivity index (χ0v) is 6.00. The molecular formula is C5H11N3O2. The molecule has 1 heterocycles. The van der Waals surface area contributed by atoms with Gasteiger partial charge in [0.25, 0.3) is 0 Å². The van der Waals surface area contributed by atoms with Crippen molar-refractivity contribution in [3.05, 3.63) is 0 Å². The summed E-state index contributed by atoms with van der Waals surface area (Å²) in [5, 5.41) is 2.79. The summed E-state index contributed by atoms with van der Waals surface area (Å²) in [5.41, 5.74) is 5.35. The Kier molecular flexibility index (Phi) is 2.08. The van der Waals surface area contributed by atoms with Crippen LogP contribution in [-0.2, 0) is 9.47 Å². The number of methoxy groups -OCH3 is 2. The van der Waals surface area contributed by atoms with Gasteiger partial charge in [-0.05, 0) is 0 Å². The molecule has 0 aromatic rings. The van der Waals surface area contributed by atoms with Crippen molar-refractivity contribution in [1.82, 2.24) is 5.32 Å². The fraction of sp³-hybridized carbons (Fsp3) is 0.800. The van der Waals surface area contributed by atoms with Gasteiger partial charge in [-0.1, -0.05) is 0 Å². The molecule has 0 amide bonds. The van der Waals surface area contributed by atoms with E-state index in [1.165, 1.54) is 0 Å². The molecule has 0 fully saturated rings. The normalized spacial score (nSPS) is 31.6. The summed E-state index contributed by atoms with van der Waals surface area (Å²) in [4.78, 5) is 3.90. The second kappa shape index (κ2) is 2.85. The standard InChI is InChI=1S/C5H11N3O2/c1-9-3-4(10-2)8-5(6)7-3/h3-4H,1-2H3,(H3,6,7,8)/t3-,4-/m0/s1. The maximum absolute atomic E-state index is 5.35. The van der Waals surface area contributed by atoms with Gasteiger partial charge >= 0.3 is 0 Å². The third-order valence-electron chi connectivity index (χ3n) is 1.31. The van der Waals surface area contributed by atoms with Crippen molar-refractivity contribution < 1.29 is 9.47 Å². The van der Waals surface area contributed by atoms with E-state index in [9.17, 15) is 0 Å². The maximum atomic E-state index is 5.35. The zero-order chi connectivity index (χ0) is 7.56. The van der Waals surface area contributed by atoms with Gasteiger partial charge in [-0.3, -0.25) is 0 Å². The van der Waals surface area contributed by atoms with Crippen LogP contribution < -0.4 is 11.1 Å². The second-order valence-corrected chi connectivity index (χ2v) is 1.94. The predicted molar refractivity (Wildman–Crippen MR) is 36.4 cm³/mol. The van der Waals surface area contributed by atoms with E-state index < -0.39 is 0 Å². The molecule has 0 unspecified atom stereocenters. The smallest absolute Gasteiger partial charge is 0.196 e. The van der Waals surface area contributed by atoms with Gasteiger partial charge in [-0.25, -0.2) is 4.99 Å². The molecule has 58 valence electrons. The van der Waals surface area contributed by atoms with Gasteiger partial charge in [0.05, 0.1) is 0 Å². The molecule has 0 spiro atoms. The minimum absolute atomic E-state index is 0.245. The molecule has 1 rings (SSSR count). The Morgan fingerprint density at radius 3 is 2.60 bits per heavy atom. The average molecular weight is 145 g/mol. The number of hydrogen-bond acceptors (Lipinski definition) is 5. The number of nitrogens with two attached hydrogens (primary N) is 1.